The quantitative estimate of drug-likeness (QED) is 0.876. The van der Waals surface area contributed by atoms with E-state index in [2.05, 4.69) is 41.8 Å². The minimum absolute atomic E-state index is 0.194. The van der Waals surface area contributed by atoms with Crippen molar-refractivity contribution in [2.24, 2.45) is 0 Å². The third kappa shape index (κ3) is 6.22. The van der Waals surface area contributed by atoms with Crippen LogP contribution in [0.3, 0.4) is 0 Å². The van der Waals surface area contributed by atoms with Gasteiger partial charge >= 0.3 is 6.09 Å². The van der Waals surface area contributed by atoms with Crippen molar-refractivity contribution in [1.82, 2.24) is 10.6 Å². The van der Waals surface area contributed by atoms with E-state index in [0.29, 0.717) is 12.1 Å². The van der Waals surface area contributed by atoms with Crippen molar-refractivity contribution in [2.75, 3.05) is 0 Å². The second kappa shape index (κ2) is 7.82. The molecule has 4 nitrogen and oxygen atoms in total. The molecule has 0 heterocycles. The van der Waals surface area contributed by atoms with Crippen LogP contribution in [0.5, 0.6) is 0 Å². The molecule has 1 aromatic carbocycles. The molecule has 1 aliphatic carbocycles. The van der Waals surface area contributed by atoms with Gasteiger partial charge in [0.15, 0.2) is 0 Å². The SMILES string of the molecule is CC(NC1CCCC(NC(=O)OC(C)(C)C)C1)c1ccccc1. The summed E-state index contributed by atoms with van der Waals surface area (Å²) in [5.74, 6) is 0. The number of ether oxygens (including phenoxy) is 1. The number of hydrogen-bond donors (Lipinski definition) is 2. The zero-order valence-electron chi connectivity index (χ0n) is 14.8. The molecule has 0 saturated heterocycles. The van der Waals surface area contributed by atoms with Crippen LogP contribution in [0.1, 0.15) is 65.0 Å². The Morgan fingerprint density at radius 2 is 1.83 bits per heavy atom. The second-order valence-corrected chi connectivity index (χ2v) is 7.51. The molecule has 128 valence electrons. The molecular weight excluding hydrogens is 288 g/mol. The molecule has 1 saturated carbocycles. The van der Waals surface area contributed by atoms with E-state index in [1.165, 1.54) is 5.56 Å². The predicted molar refractivity (Wildman–Crippen MR) is 93.4 cm³/mol. The van der Waals surface area contributed by atoms with Gasteiger partial charge in [-0.25, -0.2) is 4.79 Å². The van der Waals surface area contributed by atoms with E-state index in [9.17, 15) is 4.79 Å². The molecule has 2 N–H and O–H groups in total. The Morgan fingerprint density at radius 1 is 1.17 bits per heavy atom. The van der Waals surface area contributed by atoms with Crippen LogP contribution in [-0.2, 0) is 4.74 Å². The van der Waals surface area contributed by atoms with Gasteiger partial charge in [-0.15, -0.1) is 0 Å². The average molecular weight is 318 g/mol. The van der Waals surface area contributed by atoms with Crippen LogP contribution in [0.15, 0.2) is 30.3 Å². The smallest absolute Gasteiger partial charge is 0.407 e. The molecule has 0 bridgehead atoms. The Bertz CT molecular complexity index is 496. The Balaban J connectivity index is 1.82. The molecule has 1 amide bonds. The van der Waals surface area contributed by atoms with Gasteiger partial charge in [-0.3, -0.25) is 0 Å². The van der Waals surface area contributed by atoms with Gasteiger partial charge in [0.05, 0.1) is 0 Å². The molecule has 0 aromatic heterocycles. The lowest BCUT2D eigenvalue weighted by Crippen LogP contribution is -2.46. The number of carbonyl (C=O) groups is 1. The molecule has 1 aromatic rings. The van der Waals surface area contributed by atoms with Crippen LogP contribution in [0.2, 0.25) is 0 Å². The minimum atomic E-state index is -0.446. The summed E-state index contributed by atoms with van der Waals surface area (Å²) < 4.78 is 5.36. The van der Waals surface area contributed by atoms with Crippen LogP contribution in [0, 0.1) is 0 Å². The van der Waals surface area contributed by atoms with Crippen LogP contribution in [-0.4, -0.2) is 23.8 Å². The van der Waals surface area contributed by atoms with Gasteiger partial charge in [-0.05, 0) is 58.9 Å². The average Bonchev–Trinajstić information content (AvgIpc) is 2.46. The van der Waals surface area contributed by atoms with Crippen molar-refractivity contribution in [3.05, 3.63) is 35.9 Å². The summed E-state index contributed by atoms with van der Waals surface area (Å²) in [6.07, 6.45) is 3.95. The lowest BCUT2D eigenvalue weighted by atomic mass is 9.90. The topological polar surface area (TPSA) is 50.4 Å². The van der Waals surface area contributed by atoms with Crippen LogP contribution in [0.25, 0.3) is 0 Å². The van der Waals surface area contributed by atoms with E-state index in [1.807, 2.05) is 26.8 Å². The fourth-order valence-corrected chi connectivity index (χ4v) is 3.14. The summed E-state index contributed by atoms with van der Waals surface area (Å²) in [5.41, 5.74) is 0.854. The number of nitrogens with one attached hydrogen (secondary N) is 2. The first kappa shape index (κ1) is 17.8. The predicted octanol–water partition coefficient (Wildman–Crippen LogP) is 4.17. The Morgan fingerprint density at radius 3 is 2.48 bits per heavy atom. The highest BCUT2D eigenvalue weighted by Gasteiger charge is 2.26. The van der Waals surface area contributed by atoms with Gasteiger partial charge in [-0.2, -0.15) is 0 Å². The van der Waals surface area contributed by atoms with Gasteiger partial charge < -0.3 is 15.4 Å². The Kier molecular flexibility index (Phi) is 6.05. The van der Waals surface area contributed by atoms with Crippen molar-refractivity contribution in [3.8, 4) is 0 Å². The van der Waals surface area contributed by atoms with E-state index in [-0.39, 0.29) is 12.1 Å². The monoisotopic (exact) mass is 318 g/mol. The Hall–Kier alpha value is -1.55. The number of amides is 1. The van der Waals surface area contributed by atoms with Gasteiger partial charge in [-0.1, -0.05) is 30.3 Å². The summed E-state index contributed by atoms with van der Waals surface area (Å²) in [5, 5.41) is 6.71. The number of rotatable bonds is 4. The summed E-state index contributed by atoms with van der Waals surface area (Å²) >= 11 is 0. The molecule has 0 aliphatic heterocycles. The number of benzene rings is 1. The first-order valence-corrected chi connectivity index (χ1v) is 8.64. The largest absolute Gasteiger partial charge is 0.444 e. The first-order chi connectivity index (χ1) is 10.8. The molecule has 4 heteroatoms. The minimum Gasteiger partial charge on any atom is -0.444 e. The fourth-order valence-electron chi connectivity index (χ4n) is 3.14. The third-order valence-electron chi connectivity index (χ3n) is 4.18. The Labute approximate surface area is 140 Å². The summed E-state index contributed by atoms with van der Waals surface area (Å²) in [6.45, 7) is 7.86. The van der Waals surface area contributed by atoms with Crippen LogP contribution < -0.4 is 10.6 Å². The molecule has 0 radical (unpaired) electrons. The van der Waals surface area contributed by atoms with Crippen molar-refractivity contribution < 1.29 is 9.53 Å². The molecule has 3 unspecified atom stereocenters. The van der Waals surface area contributed by atoms with E-state index in [0.717, 1.165) is 25.7 Å². The maximum absolute atomic E-state index is 11.9. The second-order valence-electron chi connectivity index (χ2n) is 7.51. The number of hydrogen-bond acceptors (Lipinski definition) is 3. The third-order valence-corrected chi connectivity index (χ3v) is 4.18. The molecule has 23 heavy (non-hydrogen) atoms. The van der Waals surface area contributed by atoms with Gasteiger partial charge in [0.2, 0.25) is 0 Å². The van der Waals surface area contributed by atoms with Crippen molar-refractivity contribution in [3.63, 3.8) is 0 Å². The molecular formula is C19H30N2O2. The molecule has 3 atom stereocenters. The lowest BCUT2D eigenvalue weighted by molar-refractivity contribution is 0.0488. The number of alkyl carbamates (subject to hydrolysis) is 1. The van der Waals surface area contributed by atoms with Gasteiger partial charge in [0, 0.05) is 18.1 Å². The van der Waals surface area contributed by atoms with E-state index >= 15 is 0 Å². The van der Waals surface area contributed by atoms with Crippen LogP contribution >= 0.6 is 0 Å². The first-order valence-electron chi connectivity index (χ1n) is 8.64. The standard InChI is InChI=1S/C19H30N2O2/c1-14(15-9-6-5-7-10-15)20-16-11-8-12-17(13-16)21-18(22)23-19(2,3)4/h5-7,9-10,14,16-17,20H,8,11-13H2,1-4H3,(H,21,22). The van der Waals surface area contributed by atoms with Crippen molar-refractivity contribution in [2.45, 2.75) is 77.1 Å². The van der Waals surface area contributed by atoms with Gasteiger partial charge in [0.1, 0.15) is 5.60 Å². The highest BCUT2D eigenvalue weighted by molar-refractivity contribution is 5.68. The summed E-state index contributed by atoms with van der Waals surface area (Å²) in [4.78, 5) is 11.9. The van der Waals surface area contributed by atoms with E-state index in [4.69, 9.17) is 4.74 Å². The number of carbonyl (C=O) groups excluding carboxylic acids is 1. The molecule has 2 rings (SSSR count). The highest BCUT2D eigenvalue weighted by Crippen LogP contribution is 2.22. The normalized spacial score (nSPS) is 23.1. The molecule has 1 fully saturated rings. The van der Waals surface area contributed by atoms with Crippen LogP contribution in [0.4, 0.5) is 4.79 Å². The maximum atomic E-state index is 11.9. The molecule has 1 aliphatic rings. The lowest BCUT2D eigenvalue weighted by Gasteiger charge is -2.33. The summed E-state index contributed by atoms with van der Waals surface area (Å²) in [7, 11) is 0. The molecule has 0 spiro atoms. The van der Waals surface area contributed by atoms with E-state index in [1.54, 1.807) is 0 Å². The summed E-state index contributed by atoms with van der Waals surface area (Å²) in [6, 6.07) is 11.4. The van der Waals surface area contributed by atoms with Gasteiger partial charge in [0.25, 0.3) is 0 Å². The van der Waals surface area contributed by atoms with E-state index < -0.39 is 5.60 Å². The van der Waals surface area contributed by atoms with Crippen molar-refractivity contribution in [1.29, 1.82) is 0 Å². The zero-order valence-corrected chi connectivity index (χ0v) is 14.8. The van der Waals surface area contributed by atoms with Crippen molar-refractivity contribution >= 4 is 6.09 Å². The zero-order chi connectivity index (χ0) is 16.9. The highest BCUT2D eigenvalue weighted by atomic mass is 16.6. The maximum Gasteiger partial charge on any atom is 0.407 e. The fraction of sp³-hybridized carbons (Fsp3) is 0.632.